The third-order valence-electron chi connectivity index (χ3n) is 3.57. The van der Waals surface area contributed by atoms with Crippen LogP contribution in [-0.2, 0) is 4.74 Å². The molecule has 1 aromatic rings. The smallest absolute Gasteiger partial charge is 0.413 e. The van der Waals surface area contributed by atoms with Gasteiger partial charge in [0.25, 0.3) is 0 Å². The second-order valence-electron chi connectivity index (χ2n) is 6.80. The van der Waals surface area contributed by atoms with Crippen molar-refractivity contribution in [2.75, 3.05) is 23.7 Å². The predicted molar refractivity (Wildman–Crippen MR) is 91.9 cm³/mol. The number of nitrogens with one attached hydrogen (secondary N) is 2. The molecule has 8 nitrogen and oxygen atoms in total. The Morgan fingerprint density at radius 2 is 1.96 bits per heavy atom. The molecule has 0 spiro atoms. The molecule has 3 amide bonds. The van der Waals surface area contributed by atoms with Crippen molar-refractivity contribution in [2.45, 2.75) is 45.3 Å². The Hall–Kier alpha value is -2.51. The first-order valence-corrected chi connectivity index (χ1v) is 8.00. The summed E-state index contributed by atoms with van der Waals surface area (Å²) in [6.45, 7) is 6.71. The number of nitrogens with zero attached hydrogens (tertiary/aromatic N) is 2. The van der Waals surface area contributed by atoms with Gasteiger partial charge in [-0.25, -0.2) is 14.6 Å². The SMILES string of the molecule is CC(C)(C)OC(=O)Nc1ccc(NC2CCN(C(N)=O)CC2)cn1. The lowest BCUT2D eigenvalue weighted by atomic mass is 10.1. The Morgan fingerprint density at radius 3 is 2.46 bits per heavy atom. The molecule has 24 heavy (non-hydrogen) atoms. The third kappa shape index (κ3) is 5.60. The molecule has 0 saturated carbocycles. The Balaban J connectivity index is 1.82. The average Bonchev–Trinajstić information content (AvgIpc) is 2.48. The zero-order valence-electron chi connectivity index (χ0n) is 14.3. The maximum Gasteiger partial charge on any atom is 0.413 e. The number of nitrogens with two attached hydrogens (primary N) is 1. The van der Waals surface area contributed by atoms with Gasteiger partial charge in [0.15, 0.2) is 0 Å². The van der Waals surface area contributed by atoms with Gasteiger partial charge in [0.2, 0.25) is 0 Å². The summed E-state index contributed by atoms with van der Waals surface area (Å²) in [5.74, 6) is 0.429. The Bertz CT molecular complexity index is 574. The number of carbonyl (C=O) groups is 2. The van der Waals surface area contributed by atoms with Crippen molar-refractivity contribution in [1.82, 2.24) is 9.88 Å². The first-order valence-electron chi connectivity index (χ1n) is 8.00. The standard InChI is InChI=1S/C16H25N5O3/c1-16(2,3)24-15(23)20-13-5-4-12(10-18-13)19-11-6-8-21(9-7-11)14(17)22/h4-5,10-11,19H,6-9H2,1-3H3,(H2,17,22)(H,18,20,23). The number of hydrogen-bond donors (Lipinski definition) is 3. The molecule has 0 aliphatic carbocycles. The molecular weight excluding hydrogens is 310 g/mol. The number of primary amides is 1. The number of piperidine rings is 1. The van der Waals surface area contributed by atoms with Crippen LogP contribution in [0.1, 0.15) is 33.6 Å². The van der Waals surface area contributed by atoms with E-state index in [1.807, 2.05) is 6.07 Å². The summed E-state index contributed by atoms with van der Waals surface area (Å²) in [5, 5.41) is 5.96. The number of aromatic nitrogens is 1. The number of carbonyl (C=O) groups excluding carboxylic acids is 2. The van der Waals surface area contributed by atoms with Crippen LogP contribution in [0.2, 0.25) is 0 Å². The predicted octanol–water partition coefficient (Wildman–Crippen LogP) is 2.38. The lowest BCUT2D eigenvalue weighted by Gasteiger charge is -2.31. The summed E-state index contributed by atoms with van der Waals surface area (Å²) in [4.78, 5) is 28.6. The van der Waals surface area contributed by atoms with E-state index in [2.05, 4.69) is 15.6 Å². The van der Waals surface area contributed by atoms with Gasteiger partial charge in [-0.3, -0.25) is 5.32 Å². The van der Waals surface area contributed by atoms with Crippen molar-refractivity contribution >= 4 is 23.6 Å². The van der Waals surface area contributed by atoms with Crippen LogP contribution in [0, 0.1) is 0 Å². The summed E-state index contributed by atoms with van der Waals surface area (Å²) >= 11 is 0. The van der Waals surface area contributed by atoms with Gasteiger partial charge in [0, 0.05) is 19.1 Å². The maximum absolute atomic E-state index is 11.7. The van der Waals surface area contributed by atoms with Gasteiger partial charge in [0.1, 0.15) is 11.4 Å². The average molecular weight is 335 g/mol. The molecule has 0 aromatic carbocycles. The molecular formula is C16H25N5O3. The lowest BCUT2D eigenvalue weighted by molar-refractivity contribution is 0.0635. The molecule has 0 bridgehead atoms. The normalized spacial score (nSPS) is 15.7. The highest BCUT2D eigenvalue weighted by atomic mass is 16.6. The second kappa shape index (κ2) is 7.37. The fourth-order valence-corrected chi connectivity index (χ4v) is 2.44. The van der Waals surface area contributed by atoms with Crippen LogP contribution >= 0.6 is 0 Å². The van der Waals surface area contributed by atoms with Crippen molar-refractivity contribution in [2.24, 2.45) is 5.73 Å². The molecule has 2 rings (SSSR count). The van der Waals surface area contributed by atoms with Crippen LogP contribution in [0.4, 0.5) is 21.1 Å². The van der Waals surface area contributed by atoms with Crippen LogP contribution in [0.5, 0.6) is 0 Å². The number of rotatable bonds is 3. The number of pyridine rings is 1. The largest absolute Gasteiger partial charge is 0.444 e. The van der Waals surface area contributed by atoms with Crippen LogP contribution in [0.25, 0.3) is 0 Å². The fourth-order valence-electron chi connectivity index (χ4n) is 2.44. The summed E-state index contributed by atoms with van der Waals surface area (Å²) in [7, 11) is 0. The number of amides is 3. The minimum atomic E-state index is -0.550. The van der Waals surface area contributed by atoms with Gasteiger partial charge >= 0.3 is 12.1 Å². The molecule has 4 N–H and O–H groups in total. The molecule has 0 radical (unpaired) electrons. The van der Waals surface area contributed by atoms with Crippen LogP contribution in [-0.4, -0.2) is 46.7 Å². The third-order valence-corrected chi connectivity index (χ3v) is 3.57. The van der Waals surface area contributed by atoms with E-state index >= 15 is 0 Å². The first kappa shape index (κ1) is 17.8. The van der Waals surface area contributed by atoms with E-state index in [9.17, 15) is 9.59 Å². The monoisotopic (exact) mass is 335 g/mol. The Kier molecular flexibility index (Phi) is 5.48. The van der Waals surface area contributed by atoms with Crippen molar-refractivity contribution in [3.63, 3.8) is 0 Å². The van der Waals surface area contributed by atoms with E-state index in [0.717, 1.165) is 18.5 Å². The lowest BCUT2D eigenvalue weighted by Crippen LogP contribution is -2.44. The summed E-state index contributed by atoms with van der Waals surface area (Å²) < 4.78 is 5.17. The topological polar surface area (TPSA) is 110 Å². The number of anilines is 2. The highest BCUT2D eigenvalue weighted by molar-refractivity contribution is 5.83. The van der Waals surface area contributed by atoms with Crippen molar-refractivity contribution in [1.29, 1.82) is 0 Å². The van der Waals surface area contributed by atoms with Gasteiger partial charge in [-0.2, -0.15) is 0 Å². The minimum absolute atomic E-state index is 0.270. The highest BCUT2D eigenvalue weighted by Crippen LogP contribution is 2.17. The van der Waals surface area contributed by atoms with E-state index in [1.54, 1.807) is 37.9 Å². The Morgan fingerprint density at radius 1 is 1.29 bits per heavy atom. The van der Waals surface area contributed by atoms with E-state index in [-0.39, 0.29) is 12.1 Å². The quantitative estimate of drug-likeness (QED) is 0.785. The van der Waals surface area contributed by atoms with Crippen LogP contribution in [0.15, 0.2) is 18.3 Å². The van der Waals surface area contributed by atoms with Gasteiger partial charge in [0.05, 0.1) is 11.9 Å². The van der Waals surface area contributed by atoms with Crippen molar-refractivity contribution < 1.29 is 14.3 Å². The molecule has 1 saturated heterocycles. The van der Waals surface area contributed by atoms with Crippen LogP contribution < -0.4 is 16.4 Å². The van der Waals surface area contributed by atoms with Gasteiger partial charge < -0.3 is 20.7 Å². The van der Waals surface area contributed by atoms with E-state index in [4.69, 9.17) is 10.5 Å². The number of hydrogen-bond acceptors (Lipinski definition) is 5. The van der Waals surface area contributed by atoms with Crippen molar-refractivity contribution in [3.8, 4) is 0 Å². The zero-order chi connectivity index (χ0) is 17.7. The molecule has 8 heteroatoms. The zero-order valence-corrected chi connectivity index (χ0v) is 14.3. The number of ether oxygens (including phenoxy) is 1. The van der Waals surface area contributed by atoms with E-state index < -0.39 is 11.7 Å². The highest BCUT2D eigenvalue weighted by Gasteiger charge is 2.21. The molecule has 0 atom stereocenters. The molecule has 1 fully saturated rings. The van der Waals surface area contributed by atoms with Gasteiger partial charge in [-0.15, -0.1) is 0 Å². The van der Waals surface area contributed by atoms with E-state index in [0.29, 0.717) is 18.9 Å². The molecule has 0 unspecified atom stereocenters. The minimum Gasteiger partial charge on any atom is -0.444 e. The summed E-state index contributed by atoms with van der Waals surface area (Å²) in [6.07, 6.45) is 2.80. The molecule has 132 valence electrons. The fraction of sp³-hybridized carbons (Fsp3) is 0.562. The first-order chi connectivity index (χ1) is 11.2. The Labute approximate surface area is 141 Å². The van der Waals surface area contributed by atoms with Gasteiger partial charge in [-0.1, -0.05) is 0 Å². The maximum atomic E-state index is 11.7. The van der Waals surface area contributed by atoms with Gasteiger partial charge in [-0.05, 0) is 45.7 Å². The molecule has 1 aliphatic heterocycles. The molecule has 1 aliphatic rings. The van der Waals surface area contributed by atoms with Crippen molar-refractivity contribution in [3.05, 3.63) is 18.3 Å². The number of urea groups is 1. The molecule has 2 heterocycles. The number of likely N-dealkylation sites (tertiary alicyclic amines) is 1. The second-order valence-corrected chi connectivity index (χ2v) is 6.80. The van der Waals surface area contributed by atoms with E-state index in [1.165, 1.54) is 0 Å². The van der Waals surface area contributed by atoms with Crippen LogP contribution in [0.3, 0.4) is 0 Å². The summed E-state index contributed by atoms with van der Waals surface area (Å²) in [5.41, 5.74) is 5.58. The summed E-state index contributed by atoms with van der Waals surface area (Å²) in [6, 6.07) is 3.46. The molecule has 1 aromatic heterocycles.